The molecule has 1 amide bonds. The fraction of sp³-hybridized carbons (Fsp3) is 0.684. The van der Waals surface area contributed by atoms with E-state index >= 15 is 0 Å². The summed E-state index contributed by atoms with van der Waals surface area (Å²) in [5.41, 5.74) is 0.976. The molecule has 0 radical (unpaired) electrons. The van der Waals surface area contributed by atoms with Gasteiger partial charge in [-0.15, -0.1) is 0 Å². The Bertz CT molecular complexity index is 534. The second kappa shape index (κ2) is 9.27. The molecule has 2 fully saturated rings. The van der Waals surface area contributed by atoms with Crippen LogP contribution in [0.3, 0.4) is 0 Å². The lowest BCUT2D eigenvalue weighted by Gasteiger charge is -2.39. The molecule has 1 aromatic heterocycles. The third kappa shape index (κ3) is 5.49. The first-order valence-electron chi connectivity index (χ1n) is 9.25. The van der Waals surface area contributed by atoms with Crippen molar-refractivity contribution < 1.29 is 14.3 Å². The van der Waals surface area contributed by atoms with E-state index in [0.29, 0.717) is 24.9 Å². The zero-order valence-corrected chi connectivity index (χ0v) is 15.0. The molecule has 0 unspecified atom stereocenters. The van der Waals surface area contributed by atoms with E-state index in [4.69, 9.17) is 9.47 Å². The zero-order chi connectivity index (χ0) is 17.5. The monoisotopic (exact) mass is 347 g/mol. The van der Waals surface area contributed by atoms with Crippen LogP contribution in [0.15, 0.2) is 24.4 Å². The summed E-state index contributed by atoms with van der Waals surface area (Å²) in [6.45, 7) is 4.19. The number of carbonyl (C=O) groups is 1. The Morgan fingerprint density at radius 3 is 2.80 bits per heavy atom. The summed E-state index contributed by atoms with van der Waals surface area (Å²) < 4.78 is 11.2. The van der Waals surface area contributed by atoms with Gasteiger partial charge in [0.15, 0.2) is 0 Å². The van der Waals surface area contributed by atoms with Crippen molar-refractivity contribution in [2.75, 3.05) is 40.0 Å². The SMILES string of the molecule is CN(CC(=O)N[C@H]1CCOC[C@H]1C1CCOCC1)Cc1ccccn1. The predicted molar refractivity (Wildman–Crippen MR) is 95.0 cm³/mol. The van der Waals surface area contributed by atoms with Crippen LogP contribution in [0.2, 0.25) is 0 Å². The summed E-state index contributed by atoms with van der Waals surface area (Å²) in [7, 11) is 1.95. The van der Waals surface area contributed by atoms with Crippen molar-refractivity contribution in [1.82, 2.24) is 15.2 Å². The molecule has 2 aliphatic rings. The Balaban J connectivity index is 1.49. The van der Waals surface area contributed by atoms with Gasteiger partial charge in [-0.1, -0.05) is 6.07 Å². The summed E-state index contributed by atoms with van der Waals surface area (Å²) in [5.74, 6) is 1.08. The highest BCUT2D eigenvalue weighted by atomic mass is 16.5. The molecule has 0 bridgehead atoms. The van der Waals surface area contributed by atoms with Crippen LogP contribution < -0.4 is 5.32 Å². The van der Waals surface area contributed by atoms with Crippen LogP contribution in [0.4, 0.5) is 0 Å². The van der Waals surface area contributed by atoms with Gasteiger partial charge in [-0.2, -0.15) is 0 Å². The van der Waals surface area contributed by atoms with Gasteiger partial charge in [0.25, 0.3) is 0 Å². The Kier molecular flexibility index (Phi) is 6.78. The topological polar surface area (TPSA) is 63.7 Å². The van der Waals surface area contributed by atoms with Gasteiger partial charge in [-0.3, -0.25) is 14.7 Å². The van der Waals surface area contributed by atoms with Crippen molar-refractivity contribution in [1.29, 1.82) is 0 Å². The minimum absolute atomic E-state index is 0.0855. The average molecular weight is 347 g/mol. The molecule has 1 aromatic rings. The van der Waals surface area contributed by atoms with Gasteiger partial charge < -0.3 is 14.8 Å². The average Bonchev–Trinajstić information content (AvgIpc) is 2.63. The maximum atomic E-state index is 12.5. The summed E-state index contributed by atoms with van der Waals surface area (Å²) in [6, 6.07) is 6.07. The lowest BCUT2D eigenvalue weighted by atomic mass is 9.79. The van der Waals surface area contributed by atoms with E-state index in [1.165, 1.54) is 0 Å². The van der Waals surface area contributed by atoms with E-state index in [1.54, 1.807) is 6.20 Å². The number of nitrogens with one attached hydrogen (secondary N) is 1. The molecule has 0 aromatic carbocycles. The summed E-state index contributed by atoms with van der Waals surface area (Å²) in [5, 5.41) is 3.26. The first-order chi connectivity index (χ1) is 12.2. The van der Waals surface area contributed by atoms with Gasteiger partial charge in [0.2, 0.25) is 5.91 Å². The number of ether oxygens (including phenoxy) is 2. The van der Waals surface area contributed by atoms with E-state index in [9.17, 15) is 4.79 Å². The highest BCUT2D eigenvalue weighted by Gasteiger charge is 2.34. The molecule has 2 saturated heterocycles. The second-order valence-electron chi connectivity index (χ2n) is 7.14. The Morgan fingerprint density at radius 1 is 1.24 bits per heavy atom. The smallest absolute Gasteiger partial charge is 0.234 e. The molecule has 0 spiro atoms. The van der Waals surface area contributed by atoms with Crippen LogP contribution >= 0.6 is 0 Å². The van der Waals surface area contributed by atoms with Crippen molar-refractivity contribution >= 4 is 5.91 Å². The molecule has 3 rings (SSSR count). The highest BCUT2D eigenvalue weighted by molar-refractivity contribution is 5.78. The van der Waals surface area contributed by atoms with Crippen molar-refractivity contribution in [3.8, 4) is 0 Å². The number of carbonyl (C=O) groups excluding carboxylic acids is 1. The Morgan fingerprint density at radius 2 is 2.04 bits per heavy atom. The summed E-state index contributed by atoms with van der Waals surface area (Å²) in [6.07, 6.45) is 4.82. The van der Waals surface area contributed by atoms with Crippen molar-refractivity contribution in [2.45, 2.75) is 31.8 Å². The Labute approximate surface area is 149 Å². The largest absolute Gasteiger partial charge is 0.381 e. The van der Waals surface area contributed by atoms with Gasteiger partial charge in [-0.25, -0.2) is 0 Å². The molecule has 6 heteroatoms. The van der Waals surface area contributed by atoms with Gasteiger partial charge in [0, 0.05) is 44.5 Å². The van der Waals surface area contributed by atoms with Gasteiger partial charge in [-0.05, 0) is 44.4 Å². The third-order valence-corrected chi connectivity index (χ3v) is 5.19. The van der Waals surface area contributed by atoms with Crippen LogP contribution in [0.25, 0.3) is 0 Å². The minimum Gasteiger partial charge on any atom is -0.381 e. The van der Waals surface area contributed by atoms with E-state index in [2.05, 4.69) is 10.3 Å². The number of hydrogen-bond acceptors (Lipinski definition) is 5. The van der Waals surface area contributed by atoms with Crippen LogP contribution in [0.1, 0.15) is 25.0 Å². The van der Waals surface area contributed by atoms with Gasteiger partial charge in [0.1, 0.15) is 0 Å². The lowest BCUT2D eigenvalue weighted by Crippen LogP contribution is -2.51. The maximum Gasteiger partial charge on any atom is 0.234 e. The minimum atomic E-state index is 0.0855. The van der Waals surface area contributed by atoms with E-state index in [-0.39, 0.29) is 11.9 Å². The second-order valence-corrected chi connectivity index (χ2v) is 7.14. The lowest BCUT2D eigenvalue weighted by molar-refractivity contribution is -0.124. The van der Waals surface area contributed by atoms with Crippen LogP contribution in [0.5, 0.6) is 0 Å². The van der Waals surface area contributed by atoms with Gasteiger partial charge in [0.05, 0.1) is 18.8 Å². The van der Waals surface area contributed by atoms with Crippen molar-refractivity contribution in [2.24, 2.45) is 11.8 Å². The third-order valence-electron chi connectivity index (χ3n) is 5.19. The van der Waals surface area contributed by atoms with Crippen LogP contribution in [-0.2, 0) is 20.8 Å². The fourth-order valence-corrected chi connectivity index (χ4v) is 3.87. The van der Waals surface area contributed by atoms with Crippen molar-refractivity contribution in [3.63, 3.8) is 0 Å². The molecule has 1 N–H and O–H groups in total. The molecular weight excluding hydrogens is 318 g/mol. The number of aromatic nitrogens is 1. The number of nitrogens with zero attached hydrogens (tertiary/aromatic N) is 2. The number of amides is 1. The predicted octanol–water partition coefficient (Wildman–Crippen LogP) is 1.46. The van der Waals surface area contributed by atoms with E-state index < -0.39 is 0 Å². The molecule has 2 atom stereocenters. The number of hydrogen-bond donors (Lipinski definition) is 1. The molecule has 0 aliphatic carbocycles. The van der Waals surface area contributed by atoms with E-state index in [0.717, 1.165) is 51.4 Å². The van der Waals surface area contributed by atoms with Crippen molar-refractivity contribution in [3.05, 3.63) is 30.1 Å². The maximum absolute atomic E-state index is 12.5. The molecule has 25 heavy (non-hydrogen) atoms. The molecule has 138 valence electrons. The molecule has 2 aliphatic heterocycles. The molecule has 0 saturated carbocycles. The van der Waals surface area contributed by atoms with Crippen LogP contribution in [-0.4, -0.2) is 61.9 Å². The molecule has 3 heterocycles. The molecule has 6 nitrogen and oxygen atoms in total. The van der Waals surface area contributed by atoms with E-state index in [1.807, 2.05) is 30.1 Å². The standard InChI is InChI=1S/C19H29N3O3/c1-22(12-16-4-2-3-8-20-16)13-19(23)21-18-7-11-25-14-17(18)15-5-9-24-10-6-15/h2-4,8,15,17-18H,5-7,9-14H2,1H3,(H,21,23)/t17-,18-/m0/s1. The van der Waals surface area contributed by atoms with Gasteiger partial charge >= 0.3 is 0 Å². The first kappa shape index (κ1) is 18.3. The number of pyridine rings is 1. The summed E-state index contributed by atoms with van der Waals surface area (Å²) >= 11 is 0. The number of rotatable bonds is 6. The first-order valence-corrected chi connectivity index (χ1v) is 9.25. The molecular formula is C19H29N3O3. The van der Waals surface area contributed by atoms with Crippen LogP contribution in [0, 0.1) is 11.8 Å². The Hall–Kier alpha value is -1.50. The summed E-state index contributed by atoms with van der Waals surface area (Å²) in [4.78, 5) is 18.8. The normalized spacial score (nSPS) is 25.0. The highest BCUT2D eigenvalue weighted by Crippen LogP contribution is 2.30. The quantitative estimate of drug-likeness (QED) is 0.844. The zero-order valence-electron chi connectivity index (χ0n) is 15.0. The number of likely N-dealkylation sites (N-methyl/N-ethyl adjacent to an activating group) is 1. The fourth-order valence-electron chi connectivity index (χ4n) is 3.87.